The van der Waals surface area contributed by atoms with Gasteiger partial charge in [-0.2, -0.15) is 4.98 Å². The summed E-state index contributed by atoms with van der Waals surface area (Å²) in [5, 5.41) is 14.3. The molecule has 0 radical (unpaired) electrons. The zero-order chi connectivity index (χ0) is 22.6. The Morgan fingerprint density at radius 2 is 1.73 bits per heavy atom. The molecule has 170 valence electrons. The monoisotopic (exact) mass is 484 g/mol. The first-order valence-corrected chi connectivity index (χ1v) is 12.2. The zero-order valence-electron chi connectivity index (χ0n) is 17.8. The molecule has 0 N–H and O–H groups in total. The van der Waals surface area contributed by atoms with Gasteiger partial charge in [0, 0.05) is 16.3 Å². The van der Waals surface area contributed by atoms with E-state index >= 15 is 0 Å². The Kier molecular flexibility index (Phi) is 6.70. The number of halogens is 2. The highest BCUT2D eigenvalue weighted by molar-refractivity contribution is 7.98. The Morgan fingerprint density at radius 3 is 2.48 bits per heavy atom. The van der Waals surface area contributed by atoms with Crippen molar-refractivity contribution >= 4 is 23.4 Å². The van der Waals surface area contributed by atoms with Crippen LogP contribution in [0.3, 0.4) is 0 Å². The van der Waals surface area contributed by atoms with E-state index in [2.05, 4.69) is 25.2 Å². The number of piperidine rings is 1. The maximum atomic E-state index is 13.5. The van der Waals surface area contributed by atoms with E-state index in [1.54, 1.807) is 24.3 Å². The van der Waals surface area contributed by atoms with Crippen LogP contribution in [-0.2, 0) is 12.3 Å². The molecule has 33 heavy (non-hydrogen) atoms. The lowest BCUT2D eigenvalue weighted by atomic mass is 10.1. The number of thioether (sulfide) groups is 1. The summed E-state index contributed by atoms with van der Waals surface area (Å²) < 4.78 is 20.9. The van der Waals surface area contributed by atoms with Crippen molar-refractivity contribution in [2.75, 3.05) is 13.1 Å². The van der Waals surface area contributed by atoms with Gasteiger partial charge in [0.25, 0.3) is 5.89 Å². The van der Waals surface area contributed by atoms with E-state index in [1.165, 1.54) is 43.2 Å². The van der Waals surface area contributed by atoms with Crippen LogP contribution in [0.1, 0.15) is 30.9 Å². The van der Waals surface area contributed by atoms with Gasteiger partial charge in [0.1, 0.15) is 5.82 Å². The second-order valence-electron chi connectivity index (χ2n) is 7.86. The summed E-state index contributed by atoms with van der Waals surface area (Å²) in [5.74, 6) is 2.01. The van der Waals surface area contributed by atoms with Gasteiger partial charge in [-0.1, -0.05) is 34.9 Å². The largest absolute Gasteiger partial charge is 0.334 e. The molecule has 1 aliphatic heterocycles. The van der Waals surface area contributed by atoms with Crippen LogP contribution in [0.4, 0.5) is 4.39 Å². The molecular formula is C23H22ClFN6OS. The van der Waals surface area contributed by atoms with E-state index < -0.39 is 0 Å². The van der Waals surface area contributed by atoms with Gasteiger partial charge >= 0.3 is 0 Å². The minimum Gasteiger partial charge on any atom is -0.334 e. The maximum absolute atomic E-state index is 13.5. The maximum Gasteiger partial charge on any atom is 0.257 e. The third-order valence-electron chi connectivity index (χ3n) is 5.49. The second-order valence-corrected chi connectivity index (χ2v) is 9.24. The van der Waals surface area contributed by atoms with Crippen LogP contribution < -0.4 is 0 Å². The Bertz CT molecular complexity index is 1200. The molecular weight excluding hydrogens is 463 g/mol. The predicted octanol–water partition coefficient (Wildman–Crippen LogP) is 5.39. The molecule has 0 atom stereocenters. The van der Waals surface area contributed by atoms with E-state index in [-0.39, 0.29) is 5.82 Å². The Morgan fingerprint density at radius 1 is 0.970 bits per heavy atom. The molecule has 3 heterocycles. The molecule has 10 heteroatoms. The summed E-state index contributed by atoms with van der Waals surface area (Å²) >= 11 is 7.41. The highest BCUT2D eigenvalue weighted by atomic mass is 35.5. The minimum absolute atomic E-state index is 0.278. The Balaban J connectivity index is 1.36. The molecule has 7 nitrogen and oxygen atoms in total. The molecule has 1 saturated heterocycles. The fourth-order valence-electron chi connectivity index (χ4n) is 3.81. The molecule has 0 aliphatic carbocycles. The van der Waals surface area contributed by atoms with Crippen molar-refractivity contribution in [3.8, 4) is 17.1 Å². The Hall–Kier alpha value is -2.75. The summed E-state index contributed by atoms with van der Waals surface area (Å²) in [6, 6.07) is 13.6. The van der Waals surface area contributed by atoms with Crippen LogP contribution in [0.25, 0.3) is 17.1 Å². The topological polar surface area (TPSA) is 72.9 Å². The van der Waals surface area contributed by atoms with Gasteiger partial charge in [0.2, 0.25) is 0 Å². The van der Waals surface area contributed by atoms with Gasteiger partial charge in [0.15, 0.2) is 16.8 Å². The highest BCUT2D eigenvalue weighted by Gasteiger charge is 2.20. The van der Waals surface area contributed by atoms with Crippen molar-refractivity contribution in [2.45, 2.75) is 36.7 Å². The smallest absolute Gasteiger partial charge is 0.257 e. The van der Waals surface area contributed by atoms with Gasteiger partial charge in [-0.25, -0.2) is 4.39 Å². The van der Waals surface area contributed by atoms with Gasteiger partial charge < -0.3 is 4.52 Å². The molecule has 0 bridgehead atoms. The lowest BCUT2D eigenvalue weighted by Crippen LogP contribution is -2.30. The lowest BCUT2D eigenvalue weighted by molar-refractivity contribution is 0.214. The third-order valence-corrected chi connectivity index (χ3v) is 6.67. The van der Waals surface area contributed by atoms with E-state index in [4.69, 9.17) is 16.1 Å². The normalized spacial score (nSPS) is 14.6. The van der Waals surface area contributed by atoms with Gasteiger partial charge in [0.05, 0.1) is 12.3 Å². The molecule has 4 aromatic rings. The molecule has 0 spiro atoms. The SMILES string of the molecule is Fc1ccc(-n2c(CN3CCCCC3)nnc2SCc2noc(-c3ccc(Cl)cc3)n2)cc1. The van der Waals surface area contributed by atoms with Gasteiger partial charge in [-0.05, 0) is 74.5 Å². The highest BCUT2D eigenvalue weighted by Crippen LogP contribution is 2.27. The van der Waals surface area contributed by atoms with Crippen LogP contribution in [-0.4, -0.2) is 42.9 Å². The number of aromatic nitrogens is 5. The second kappa shape index (κ2) is 10.0. The molecule has 2 aromatic heterocycles. The molecule has 2 aromatic carbocycles. The Labute approximate surface area is 200 Å². The first-order valence-electron chi connectivity index (χ1n) is 10.8. The van der Waals surface area contributed by atoms with Gasteiger partial charge in [-0.3, -0.25) is 9.47 Å². The number of likely N-dealkylation sites (tertiary alicyclic amines) is 1. The van der Waals surface area contributed by atoms with Crippen LogP contribution in [0.2, 0.25) is 5.02 Å². The summed E-state index contributed by atoms with van der Waals surface area (Å²) in [7, 11) is 0. The van der Waals surface area contributed by atoms with Crippen molar-refractivity contribution < 1.29 is 8.91 Å². The number of rotatable bonds is 7. The van der Waals surface area contributed by atoms with Crippen LogP contribution in [0.5, 0.6) is 0 Å². The van der Waals surface area contributed by atoms with E-state index in [0.29, 0.717) is 34.2 Å². The molecule has 1 fully saturated rings. The van der Waals surface area contributed by atoms with Crippen molar-refractivity contribution in [2.24, 2.45) is 0 Å². The van der Waals surface area contributed by atoms with Crippen molar-refractivity contribution in [1.29, 1.82) is 0 Å². The third kappa shape index (κ3) is 5.26. The first kappa shape index (κ1) is 22.1. The van der Waals surface area contributed by atoms with Crippen LogP contribution in [0.15, 0.2) is 58.2 Å². The van der Waals surface area contributed by atoms with E-state index in [9.17, 15) is 4.39 Å². The zero-order valence-corrected chi connectivity index (χ0v) is 19.4. The van der Waals surface area contributed by atoms with Crippen LogP contribution in [0, 0.1) is 5.82 Å². The number of hydrogen-bond donors (Lipinski definition) is 0. The lowest BCUT2D eigenvalue weighted by Gasteiger charge is -2.26. The van der Waals surface area contributed by atoms with Crippen molar-refractivity contribution in [3.05, 3.63) is 71.0 Å². The summed E-state index contributed by atoms with van der Waals surface area (Å²) in [6.45, 7) is 2.80. The average molecular weight is 485 g/mol. The fourth-order valence-corrected chi connectivity index (χ4v) is 4.75. The van der Waals surface area contributed by atoms with E-state index in [0.717, 1.165) is 30.2 Å². The molecule has 0 saturated carbocycles. The fraction of sp³-hybridized carbons (Fsp3) is 0.304. The van der Waals surface area contributed by atoms with Crippen molar-refractivity contribution in [1.82, 2.24) is 29.8 Å². The first-order chi connectivity index (χ1) is 16.2. The molecule has 0 unspecified atom stereocenters. The summed E-state index contributed by atoms with van der Waals surface area (Å²) in [4.78, 5) is 6.87. The average Bonchev–Trinajstić information content (AvgIpc) is 3.47. The number of nitrogens with zero attached hydrogens (tertiary/aromatic N) is 6. The van der Waals surface area contributed by atoms with Crippen molar-refractivity contribution in [3.63, 3.8) is 0 Å². The number of hydrogen-bond acceptors (Lipinski definition) is 7. The van der Waals surface area contributed by atoms with E-state index in [1.807, 2.05) is 16.7 Å². The predicted molar refractivity (Wildman–Crippen MR) is 125 cm³/mol. The number of benzene rings is 2. The minimum atomic E-state index is -0.278. The molecule has 1 aliphatic rings. The van der Waals surface area contributed by atoms with Crippen LogP contribution >= 0.6 is 23.4 Å². The molecule has 0 amide bonds. The summed E-state index contributed by atoms with van der Waals surface area (Å²) in [5.41, 5.74) is 1.63. The summed E-state index contributed by atoms with van der Waals surface area (Å²) in [6.07, 6.45) is 3.66. The molecule has 5 rings (SSSR count). The van der Waals surface area contributed by atoms with Gasteiger partial charge in [-0.15, -0.1) is 10.2 Å². The quantitative estimate of drug-likeness (QED) is 0.326. The standard InChI is InChI=1S/C23H22ClFN6OS/c24-17-6-4-16(5-7-17)22-26-20(29-32-22)15-33-23-28-27-21(14-30-12-2-1-3-13-30)31(23)19-10-8-18(25)9-11-19/h4-11H,1-3,12-15H2.